The van der Waals surface area contributed by atoms with E-state index in [-0.39, 0.29) is 5.78 Å². The van der Waals surface area contributed by atoms with Gasteiger partial charge in [0.2, 0.25) is 0 Å². The lowest BCUT2D eigenvalue weighted by Gasteiger charge is -2.22. The number of aromatic nitrogens is 1. The van der Waals surface area contributed by atoms with E-state index in [1.165, 1.54) is 17.9 Å². The van der Waals surface area contributed by atoms with Gasteiger partial charge in [0, 0.05) is 41.6 Å². The third kappa shape index (κ3) is 2.66. The highest BCUT2D eigenvalue weighted by atomic mass is 16.1. The van der Waals surface area contributed by atoms with Crippen molar-refractivity contribution >= 4 is 16.7 Å². The number of allylic oxidation sites excluding steroid dienone is 2. The number of nitrogens with zero attached hydrogens (tertiary/aromatic N) is 2. The molecule has 0 spiro atoms. The summed E-state index contributed by atoms with van der Waals surface area (Å²) < 4.78 is 0. The number of ketones is 1. The topological polar surface area (TPSA) is 59.9 Å². The van der Waals surface area contributed by atoms with E-state index in [1.54, 1.807) is 12.3 Å². The smallest absolute Gasteiger partial charge is 0.158 e. The molecule has 0 aliphatic carbocycles. The Kier molecular flexibility index (Phi) is 3.80. The number of nitrogens with one attached hydrogen (secondary N) is 1. The molecule has 0 amide bonds. The second-order valence-corrected chi connectivity index (χ2v) is 5.44. The van der Waals surface area contributed by atoms with Crippen molar-refractivity contribution in [1.29, 1.82) is 5.26 Å². The predicted octanol–water partition coefficient (Wildman–Crippen LogP) is 3.15. The van der Waals surface area contributed by atoms with Crippen LogP contribution in [0.25, 0.3) is 10.9 Å². The first-order valence-electron chi connectivity index (χ1n) is 7.30. The average Bonchev–Trinajstić information content (AvgIpc) is 2.96. The van der Waals surface area contributed by atoms with Gasteiger partial charge in [-0.25, -0.2) is 0 Å². The van der Waals surface area contributed by atoms with Crippen molar-refractivity contribution in [2.45, 2.75) is 13.3 Å². The molecule has 1 aliphatic heterocycles. The van der Waals surface area contributed by atoms with Crippen LogP contribution in [0.15, 0.2) is 54.5 Å². The molecule has 1 unspecified atom stereocenters. The lowest BCUT2D eigenvalue weighted by atomic mass is 9.96. The standard InChI is InChI=1S/C18H17N3O/c1-13(22)17-12-21(8-6-14(17)10-19)9-7-15-11-20-18-5-3-2-4-16(15)18/h2-6,8,11-12,14,20H,7,9H2,1H3. The lowest BCUT2D eigenvalue weighted by Crippen LogP contribution is -2.22. The van der Waals surface area contributed by atoms with E-state index < -0.39 is 5.92 Å². The summed E-state index contributed by atoms with van der Waals surface area (Å²) in [7, 11) is 0. The minimum absolute atomic E-state index is 0.0482. The fraction of sp³-hybridized carbons (Fsp3) is 0.222. The van der Waals surface area contributed by atoms with Crippen molar-refractivity contribution in [3.63, 3.8) is 0 Å². The van der Waals surface area contributed by atoms with Crippen LogP contribution >= 0.6 is 0 Å². The Balaban J connectivity index is 1.74. The molecule has 0 saturated carbocycles. The van der Waals surface area contributed by atoms with E-state index in [1.807, 2.05) is 29.4 Å². The maximum absolute atomic E-state index is 11.6. The van der Waals surface area contributed by atoms with Gasteiger partial charge >= 0.3 is 0 Å². The molecule has 1 aromatic heterocycles. The molecule has 0 saturated heterocycles. The molecule has 0 radical (unpaired) electrons. The number of hydrogen-bond donors (Lipinski definition) is 1. The van der Waals surface area contributed by atoms with Gasteiger partial charge in [0.05, 0.1) is 12.0 Å². The van der Waals surface area contributed by atoms with Crippen molar-refractivity contribution in [1.82, 2.24) is 9.88 Å². The van der Waals surface area contributed by atoms with Gasteiger partial charge in [-0.05, 0) is 31.1 Å². The monoisotopic (exact) mass is 291 g/mol. The third-order valence-electron chi connectivity index (χ3n) is 3.97. The van der Waals surface area contributed by atoms with Gasteiger partial charge in [0.25, 0.3) is 0 Å². The van der Waals surface area contributed by atoms with E-state index in [0.29, 0.717) is 5.57 Å². The zero-order valence-electron chi connectivity index (χ0n) is 12.4. The number of nitriles is 1. The number of fused-ring (bicyclic) bond motifs is 1. The van der Waals surface area contributed by atoms with Gasteiger partial charge in [-0.1, -0.05) is 18.2 Å². The summed E-state index contributed by atoms with van der Waals surface area (Å²) >= 11 is 0. The van der Waals surface area contributed by atoms with Crippen LogP contribution in [0.5, 0.6) is 0 Å². The molecule has 2 aromatic rings. The van der Waals surface area contributed by atoms with E-state index >= 15 is 0 Å². The summed E-state index contributed by atoms with van der Waals surface area (Å²) in [4.78, 5) is 16.9. The zero-order valence-corrected chi connectivity index (χ0v) is 12.4. The van der Waals surface area contributed by atoms with Crippen molar-refractivity contribution < 1.29 is 4.79 Å². The molecule has 1 aliphatic rings. The molecule has 1 N–H and O–H groups in total. The SMILES string of the molecule is CC(=O)C1=CN(CCc2c[nH]c3ccccc23)C=CC1C#N. The van der Waals surface area contributed by atoms with Gasteiger partial charge < -0.3 is 9.88 Å². The number of rotatable bonds is 4. The number of carbonyl (C=O) groups is 1. The first-order chi connectivity index (χ1) is 10.7. The largest absolute Gasteiger partial charge is 0.361 e. The number of Topliss-reactive ketones (excluding diaryl/α,β-unsaturated/α-hetero) is 1. The minimum atomic E-state index is -0.429. The second kappa shape index (κ2) is 5.90. The highest BCUT2D eigenvalue weighted by molar-refractivity contribution is 5.94. The van der Waals surface area contributed by atoms with Gasteiger partial charge in [0.15, 0.2) is 5.78 Å². The van der Waals surface area contributed by atoms with Crippen LogP contribution in [0.2, 0.25) is 0 Å². The summed E-state index contributed by atoms with van der Waals surface area (Å²) in [6.07, 6.45) is 8.37. The van der Waals surface area contributed by atoms with Crippen LogP contribution < -0.4 is 0 Å². The number of benzene rings is 1. The molecule has 1 aromatic carbocycles. The normalized spacial score (nSPS) is 17.4. The Morgan fingerprint density at radius 2 is 2.23 bits per heavy atom. The molecule has 4 nitrogen and oxygen atoms in total. The van der Waals surface area contributed by atoms with Gasteiger partial charge in [-0.2, -0.15) is 5.26 Å². The van der Waals surface area contributed by atoms with E-state index in [0.717, 1.165) is 18.5 Å². The summed E-state index contributed by atoms with van der Waals surface area (Å²) in [5.74, 6) is -0.477. The molecule has 2 heterocycles. The second-order valence-electron chi connectivity index (χ2n) is 5.44. The third-order valence-corrected chi connectivity index (χ3v) is 3.97. The fourth-order valence-corrected chi connectivity index (χ4v) is 2.75. The number of aromatic amines is 1. The highest BCUT2D eigenvalue weighted by Crippen LogP contribution is 2.22. The van der Waals surface area contributed by atoms with E-state index in [4.69, 9.17) is 5.26 Å². The average molecular weight is 291 g/mol. The molecule has 4 heteroatoms. The minimum Gasteiger partial charge on any atom is -0.361 e. The molecule has 1 atom stereocenters. The molecule has 0 fully saturated rings. The fourth-order valence-electron chi connectivity index (χ4n) is 2.75. The van der Waals surface area contributed by atoms with Crippen molar-refractivity contribution in [3.8, 4) is 6.07 Å². The quantitative estimate of drug-likeness (QED) is 0.941. The molecular weight excluding hydrogens is 274 g/mol. The zero-order chi connectivity index (χ0) is 15.5. The van der Waals surface area contributed by atoms with Crippen molar-refractivity contribution in [2.24, 2.45) is 5.92 Å². The van der Waals surface area contributed by atoms with Gasteiger partial charge in [0.1, 0.15) is 0 Å². The number of carbonyl (C=O) groups excluding carboxylic acids is 1. The molecule has 0 bridgehead atoms. The summed E-state index contributed by atoms with van der Waals surface area (Å²) in [5.41, 5.74) is 2.95. The Morgan fingerprint density at radius 1 is 1.41 bits per heavy atom. The van der Waals surface area contributed by atoms with Crippen molar-refractivity contribution in [2.75, 3.05) is 6.54 Å². The Bertz CT molecular complexity index is 807. The number of para-hydroxylation sites is 1. The first kappa shape index (κ1) is 14.2. The van der Waals surface area contributed by atoms with Crippen LogP contribution in [0.3, 0.4) is 0 Å². The van der Waals surface area contributed by atoms with Crippen LogP contribution in [-0.4, -0.2) is 22.2 Å². The molecule has 3 rings (SSSR count). The van der Waals surface area contributed by atoms with Crippen LogP contribution in [-0.2, 0) is 11.2 Å². The Labute approximate surface area is 129 Å². The van der Waals surface area contributed by atoms with Gasteiger partial charge in [-0.3, -0.25) is 4.79 Å². The maximum atomic E-state index is 11.6. The van der Waals surface area contributed by atoms with Crippen LogP contribution in [0.4, 0.5) is 0 Å². The summed E-state index contributed by atoms with van der Waals surface area (Å²) in [5, 5.41) is 10.3. The Hall–Kier alpha value is -2.80. The number of H-pyrrole nitrogens is 1. The summed E-state index contributed by atoms with van der Waals surface area (Å²) in [6.45, 7) is 2.28. The molecule has 22 heavy (non-hydrogen) atoms. The van der Waals surface area contributed by atoms with Gasteiger partial charge in [-0.15, -0.1) is 0 Å². The molecule has 110 valence electrons. The van der Waals surface area contributed by atoms with E-state index in [2.05, 4.69) is 23.2 Å². The van der Waals surface area contributed by atoms with Crippen LogP contribution in [0, 0.1) is 17.2 Å². The lowest BCUT2D eigenvalue weighted by molar-refractivity contribution is -0.113. The van der Waals surface area contributed by atoms with E-state index in [9.17, 15) is 4.79 Å². The molecular formula is C18H17N3O. The predicted molar refractivity (Wildman–Crippen MR) is 85.7 cm³/mol. The van der Waals surface area contributed by atoms with Crippen LogP contribution in [0.1, 0.15) is 12.5 Å². The first-order valence-corrected chi connectivity index (χ1v) is 7.30. The summed E-state index contributed by atoms with van der Waals surface area (Å²) in [6, 6.07) is 10.4. The Morgan fingerprint density at radius 3 is 3.00 bits per heavy atom. The highest BCUT2D eigenvalue weighted by Gasteiger charge is 2.19. The maximum Gasteiger partial charge on any atom is 0.158 e. The number of hydrogen-bond acceptors (Lipinski definition) is 3. The van der Waals surface area contributed by atoms with Crippen molar-refractivity contribution in [3.05, 3.63) is 60.1 Å².